The van der Waals surface area contributed by atoms with Gasteiger partial charge in [0.2, 0.25) is 5.78 Å². The lowest BCUT2D eigenvalue weighted by atomic mass is 10.1. The van der Waals surface area contributed by atoms with Gasteiger partial charge in [0.1, 0.15) is 0 Å². The average Bonchev–Trinajstić information content (AvgIpc) is 2.38. The van der Waals surface area contributed by atoms with Crippen molar-refractivity contribution in [3.8, 4) is 0 Å². The molecule has 0 radical (unpaired) electrons. The molecule has 1 aromatic carbocycles. The van der Waals surface area contributed by atoms with Crippen LogP contribution in [0.25, 0.3) is 0 Å². The fraction of sp³-hybridized carbons (Fsp3) is 0.200. The van der Waals surface area contributed by atoms with Gasteiger partial charge in [-0.25, -0.2) is 4.79 Å². The van der Waals surface area contributed by atoms with Gasteiger partial charge in [0.15, 0.2) is 6.10 Å². The van der Waals surface area contributed by atoms with E-state index in [0.29, 0.717) is 10.6 Å². The first-order valence-corrected chi connectivity index (χ1v) is 6.22. The van der Waals surface area contributed by atoms with Crippen LogP contribution in [0.5, 0.6) is 0 Å². The van der Waals surface area contributed by atoms with E-state index >= 15 is 0 Å². The van der Waals surface area contributed by atoms with E-state index in [1.54, 1.807) is 42.5 Å². The van der Waals surface area contributed by atoms with E-state index in [4.69, 9.17) is 16.3 Å². The highest BCUT2D eigenvalue weighted by Gasteiger charge is 2.18. The molecular weight excluding hydrogens is 264 g/mol. The minimum atomic E-state index is -0.846. The summed E-state index contributed by atoms with van der Waals surface area (Å²) in [6.07, 6.45) is 5.46. The highest BCUT2D eigenvalue weighted by Crippen LogP contribution is 2.13. The molecule has 0 aliphatic rings. The highest BCUT2D eigenvalue weighted by molar-refractivity contribution is 6.31. The summed E-state index contributed by atoms with van der Waals surface area (Å²) in [6.45, 7) is 3.37. The number of carbonyl (C=O) groups is 2. The van der Waals surface area contributed by atoms with Gasteiger partial charge in [-0.15, -0.1) is 0 Å². The summed E-state index contributed by atoms with van der Waals surface area (Å²) in [4.78, 5) is 23.4. The lowest BCUT2D eigenvalue weighted by Crippen LogP contribution is -2.23. The van der Waals surface area contributed by atoms with Crippen molar-refractivity contribution >= 4 is 23.4 Å². The van der Waals surface area contributed by atoms with Crippen molar-refractivity contribution in [1.82, 2.24) is 0 Å². The molecule has 0 saturated carbocycles. The van der Waals surface area contributed by atoms with Gasteiger partial charge in [0.05, 0.1) is 0 Å². The molecule has 0 aromatic heterocycles. The van der Waals surface area contributed by atoms with Gasteiger partial charge in [-0.05, 0) is 26.0 Å². The fourth-order valence-corrected chi connectivity index (χ4v) is 1.58. The number of halogens is 1. The third-order valence-electron chi connectivity index (χ3n) is 2.31. The number of benzene rings is 1. The number of ether oxygens (including phenoxy) is 1. The largest absolute Gasteiger partial charge is 0.451 e. The van der Waals surface area contributed by atoms with Crippen LogP contribution in [0.3, 0.4) is 0 Å². The first-order valence-electron chi connectivity index (χ1n) is 5.84. The number of hydrogen-bond donors (Lipinski definition) is 0. The zero-order valence-electron chi connectivity index (χ0n) is 10.8. The van der Waals surface area contributed by atoms with Crippen molar-refractivity contribution in [2.45, 2.75) is 20.0 Å². The molecule has 1 rings (SSSR count). The molecule has 3 nitrogen and oxygen atoms in total. The molecule has 0 heterocycles. The van der Waals surface area contributed by atoms with Crippen LogP contribution in [0.4, 0.5) is 0 Å². The van der Waals surface area contributed by atoms with Gasteiger partial charge in [-0.3, -0.25) is 4.79 Å². The molecule has 1 aromatic rings. The molecule has 0 bridgehead atoms. The van der Waals surface area contributed by atoms with Crippen molar-refractivity contribution in [1.29, 1.82) is 0 Å². The molecule has 0 aliphatic heterocycles. The maximum Gasteiger partial charge on any atom is 0.331 e. The van der Waals surface area contributed by atoms with Gasteiger partial charge in [-0.1, -0.05) is 42.0 Å². The first-order chi connectivity index (χ1) is 9.04. The lowest BCUT2D eigenvalue weighted by molar-refractivity contribution is -0.140. The van der Waals surface area contributed by atoms with E-state index in [0.717, 1.165) is 0 Å². The van der Waals surface area contributed by atoms with Crippen LogP contribution in [0, 0.1) is 0 Å². The highest BCUT2D eigenvalue weighted by atomic mass is 35.5. The Hall–Kier alpha value is -1.87. The standard InChI is InChI=1S/C15H15ClO3/c1-3-4-5-9-14(17)19-11(2)15(18)12-7-6-8-13(16)10-12/h3-11H,1-2H3/b4-3+,9-5+/t11-/m1/s1. The number of Topliss-reactive ketones (excluding diaryl/α,β-unsaturated/α-hetero) is 1. The van der Waals surface area contributed by atoms with E-state index in [1.165, 1.54) is 13.0 Å². The summed E-state index contributed by atoms with van der Waals surface area (Å²) in [6, 6.07) is 6.53. The summed E-state index contributed by atoms with van der Waals surface area (Å²) >= 11 is 5.81. The Bertz CT molecular complexity index is 518. The van der Waals surface area contributed by atoms with Crippen LogP contribution in [0.15, 0.2) is 48.6 Å². The Morgan fingerprint density at radius 1 is 1.32 bits per heavy atom. The van der Waals surface area contributed by atoms with Crippen molar-refractivity contribution in [3.63, 3.8) is 0 Å². The van der Waals surface area contributed by atoms with E-state index in [-0.39, 0.29) is 5.78 Å². The third kappa shape index (κ3) is 5.10. The number of carbonyl (C=O) groups excluding carboxylic acids is 2. The van der Waals surface area contributed by atoms with E-state index < -0.39 is 12.1 Å². The van der Waals surface area contributed by atoms with Crippen LogP contribution >= 0.6 is 11.6 Å². The van der Waals surface area contributed by atoms with Gasteiger partial charge in [-0.2, -0.15) is 0 Å². The molecule has 0 N–H and O–H groups in total. The minimum absolute atomic E-state index is 0.282. The molecule has 0 aliphatic carbocycles. The summed E-state index contributed by atoms with van der Waals surface area (Å²) in [5.74, 6) is -0.837. The molecule has 0 spiro atoms. The summed E-state index contributed by atoms with van der Waals surface area (Å²) in [5.41, 5.74) is 0.422. The predicted octanol–water partition coefficient (Wildman–Crippen LogP) is 3.59. The molecule has 0 fully saturated rings. The van der Waals surface area contributed by atoms with Gasteiger partial charge >= 0.3 is 5.97 Å². The zero-order chi connectivity index (χ0) is 14.3. The molecular formula is C15H15ClO3. The number of hydrogen-bond acceptors (Lipinski definition) is 3. The SMILES string of the molecule is C/C=C/C=C/C(=O)O[C@H](C)C(=O)c1cccc(Cl)c1. The maximum atomic E-state index is 12.0. The quantitative estimate of drug-likeness (QED) is 0.358. The Kier molecular flexibility index (Phi) is 6.03. The van der Waals surface area contributed by atoms with Crippen molar-refractivity contribution < 1.29 is 14.3 Å². The Morgan fingerprint density at radius 3 is 2.68 bits per heavy atom. The Balaban J connectivity index is 2.65. The molecule has 100 valence electrons. The van der Waals surface area contributed by atoms with Crippen LogP contribution < -0.4 is 0 Å². The van der Waals surface area contributed by atoms with Gasteiger partial charge in [0, 0.05) is 16.7 Å². The average molecular weight is 279 g/mol. The topological polar surface area (TPSA) is 43.4 Å². The third-order valence-corrected chi connectivity index (χ3v) is 2.54. The molecule has 4 heteroatoms. The van der Waals surface area contributed by atoms with Gasteiger partial charge < -0.3 is 4.74 Å². The Labute approximate surface area is 117 Å². The van der Waals surface area contributed by atoms with E-state index in [1.807, 2.05) is 6.92 Å². The van der Waals surface area contributed by atoms with Gasteiger partial charge in [0.25, 0.3) is 0 Å². The second-order valence-corrected chi connectivity index (χ2v) is 4.28. The Morgan fingerprint density at radius 2 is 2.05 bits per heavy atom. The molecule has 0 saturated heterocycles. The lowest BCUT2D eigenvalue weighted by Gasteiger charge is -2.10. The second-order valence-electron chi connectivity index (χ2n) is 3.84. The first kappa shape index (κ1) is 15.2. The number of esters is 1. The zero-order valence-corrected chi connectivity index (χ0v) is 11.6. The molecule has 19 heavy (non-hydrogen) atoms. The van der Waals surface area contributed by atoms with Crippen LogP contribution in [0.2, 0.25) is 5.02 Å². The summed E-state index contributed by atoms with van der Waals surface area (Å²) in [5, 5.41) is 0.470. The smallest absolute Gasteiger partial charge is 0.331 e. The second kappa shape index (κ2) is 7.54. The fourth-order valence-electron chi connectivity index (χ4n) is 1.39. The van der Waals surface area contributed by atoms with Crippen molar-refractivity contribution in [2.75, 3.05) is 0 Å². The van der Waals surface area contributed by atoms with Crippen molar-refractivity contribution in [2.24, 2.45) is 0 Å². The number of allylic oxidation sites excluding steroid dienone is 3. The summed E-state index contributed by atoms with van der Waals surface area (Å²) < 4.78 is 5.00. The molecule has 0 amide bonds. The molecule has 0 unspecified atom stereocenters. The van der Waals surface area contributed by atoms with Crippen LogP contribution in [0.1, 0.15) is 24.2 Å². The van der Waals surface area contributed by atoms with Crippen LogP contribution in [-0.2, 0) is 9.53 Å². The number of rotatable bonds is 5. The normalized spacial score (nSPS) is 12.8. The number of ketones is 1. The predicted molar refractivity (Wildman–Crippen MR) is 75.3 cm³/mol. The van der Waals surface area contributed by atoms with E-state index in [2.05, 4.69) is 0 Å². The maximum absolute atomic E-state index is 12.0. The van der Waals surface area contributed by atoms with Crippen LogP contribution in [-0.4, -0.2) is 17.9 Å². The van der Waals surface area contributed by atoms with Crippen molar-refractivity contribution in [3.05, 3.63) is 59.2 Å². The molecule has 1 atom stereocenters. The minimum Gasteiger partial charge on any atom is -0.451 e. The monoisotopic (exact) mass is 278 g/mol. The summed E-state index contributed by atoms with van der Waals surface area (Å²) in [7, 11) is 0. The van der Waals surface area contributed by atoms with E-state index in [9.17, 15) is 9.59 Å².